The number of aliphatic hydroxyl groups excluding tert-OH is 1. The summed E-state index contributed by atoms with van der Waals surface area (Å²) in [4.78, 5) is 4.46. The normalized spacial score (nSPS) is 11.5. The standard InChI is InChI=1S/C15H25Cl2N3O/c1-4-7-18-13-11(16)9-12(17)14(20-13)19-10-15(2,3)6-5-8-21/h9,21H,4-8,10H2,1-3H3,(H2,18,19,20). The second-order valence-electron chi connectivity index (χ2n) is 5.92. The van der Waals surface area contributed by atoms with Gasteiger partial charge >= 0.3 is 0 Å². The van der Waals surface area contributed by atoms with Crippen molar-refractivity contribution in [3.8, 4) is 0 Å². The van der Waals surface area contributed by atoms with Gasteiger partial charge in [0.15, 0.2) is 0 Å². The molecule has 0 bridgehead atoms. The Hall–Kier alpha value is -0.710. The van der Waals surface area contributed by atoms with E-state index in [9.17, 15) is 0 Å². The molecule has 0 aromatic carbocycles. The third kappa shape index (κ3) is 6.29. The number of nitrogens with one attached hydrogen (secondary N) is 2. The SMILES string of the molecule is CCCNc1nc(NCC(C)(C)CCCO)c(Cl)cc1Cl. The highest BCUT2D eigenvalue weighted by molar-refractivity contribution is 6.37. The molecule has 1 rings (SSSR count). The van der Waals surface area contributed by atoms with Gasteiger partial charge in [-0.1, -0.05) is 44.0 Å². The van der Waals surface area contributed by atoms with E-state index in [1.165, 1.54) is 0 Å². The molecular weight excluding hydrogens is 309 g/mol. The van der Waals surface area contributed by atoms with Gasteiger partial charge in [0, 0.05) is 19.7 Å². The monoisotopic (exact) mass is 333 g/mol. The number of aromatic nitrogens is 1. The van der Waals surface area contributed by atoms with Crippen LogP contribution in [0.15, 0.2) is 6.07 Å². The predicted molar refractivity (Wildman–Crippen MR) is 91.6 cm³/mol. The summed E-state index contributed by atoms with van der Waals surface area (Å²) in [6.45, 7) is 8.14. The molecule has 3 N–H and O–H groups in total. The maximum Gasteiger partial charge on any atom is 0.147 e. The Labute approximate surface area is 137 Å². The van der Waals surface area contributed by atoms with Crippen LogP contribution in [0.2, 0.25) is 10.0 Å². The summed E-state index contributed by atoms with van der Waals surface area (Å²) in [7, 11) is 0. The molecule has 6 heteroatoms. The first-order valence-corrected chi connectivity index (χ1v) is 8.10. The lowest BCUT2D eigenvalue weighted by atomic mass is 9.88. The molecule has 0 aliphatic heterocycles. The number of halogens is 2. The minimum atomic E-state index is 0.0599. The molecular formula is C15H25Cl2N3O. The quantitative estimate of drug-likeness (QED) is 0.626. The minimum Gasteiger partial charge on any atom is -0.396 e. The molecule has 0 amide bonds. The molecule has 21 heavy (non-hydrogen) atoms. The van der Waals surface area contributed by atoms with Crippen molar-refractivity contribution in [3.63, 3.8) is 0 Å². The van der Waals surface area contributed by atoms with Crippen molar-refractivity contribution < 1.29 is 5.11 Å². The average molecular weight is 334 g/mol. The van der Waals surface area contributed by atoms with Crippen molar-refractivity contribution in [1.29, 1.82) is 0 Å². The molecule has 0 atom stereocenters. The number of nitrogens with zero attached hydrogens (tertiary/aromatic N) is 1. The lowest BCUT2D eigenvalue weighted by Gasteiger charge is -2.25. The molecule has 1 heterocycles. The van der Waals surface area contributed by atoms with E-state index < -0.39 is 0 Å². The molecule has 0 aliphatic rings. The van der Waals surface area contributed by atoms with Crippen LogP contribution >= 0.6 is 23.2 Å². The Balaban J connectivity index is 2.73. The molecule has 0 unspecified atom stereocenters. The van der Waals surface area contributed by atoms with Crippen LogP contribution in [0.1, 0.15) is 40.0 Å². The van der Waals surface area contributed by atoms with Crippen LogP contribution in [-0.2, 0) is 0 Å². The van der Waals surface area contributed by atoms with Crippen LogP contribution in [-0.4, -0.2) is 29.8 Å². The first-order valence-electron chi connectivity index (χ1n) is 7.34. The second kappa shape index (κ2) is 8.66. The fourth-order valence-corrected chi connectivity index (χ4v) is 2.42. The lowest BCUT2D eigenvalue weighted by molar-refractivity contribution is 0.248. The highest BCUT2D eigenvalue weighted by atomic mass is 35.5. The van der Waals surface area contributed by atoms with Crippen molar-refractivity contribution in [2.45, 2.75) is 40.0 Å². The summed E-state index contributed by atoms with van der Waals surface area (Å²) in [6.07, 6.45) is 2.72. The van der Waals surface area contributed by atoms with Crippen molar-refractivity contribution in [1.82, 2.24) is 4.98 Å². The maximum absolute atomic E-state index is 8.93. The Kier molecular flexibility index (Phi) is 7.57. The first-order chi connectivity index (χ1) is 9.89. The van der Waals surface area contributed by atoms with Crippen LogP contribution in [0.5, 0.6) is 0 Å². The predicted octanol–water partition coefficient (Wildman–Crippen LogP) is 4.42. The number of anilines is 2. The zero-order valence-corrected chi connectivity index (χ0v) is 14.5. The molecule has 0 fully saturated rings. The molecule has 1 aromatic rings. The van der Waals surface area contributed by atoms with E-state index in [4.69, 9.17) is 28.3 Å². The summed E-state index contributed by atoms with van der Waals surface area (Å²) in [5, 5.41) is 16.4. The van der Waals surface area contributed by atoms with E-state index in [0.29, 0.717) is 21.7 Å². The summed E-state index contributed by atoms with van der Waals surface area (Å²) in [6, 6.07) is 1.71. The fraction of sp³-hybridized carbons (Fsp3) is 0.667. The van der Waals surface area contributed by atoms with E-state index in [1.54, 1.807) is 6.07 Å². The Bertz CT molecular complexity index is 453. The van der Waals surface area contributed by atoms with Crippen LogP contribution in [0.4, 0.5) is 11.6 Å². The molecule has 0 spiro atoms. The van der Waals surface area contributed by atoms with Crippen molar-refractivity contribution in [2.24, 2.45) is 5.41 Å². The van der Waals surface area contributed by atoms with Gasteiger partial charge in [0.25, 0.3) is 0 Å². The van der Waals surface area contributed by atoms with E-state index in [0.717, 1.165) is 32.4 Å². The van der Waals surface area contributed by atoms with Gasteiger partial charge in [0.05, 0.1) is 10.0 Å². The third-order valence-electron chi connectivity index (χ3n) is 3.22. The maximum atomic E-state index is 8.93. The number of hydrogen-bond donors (Lipinski definition) is 3. The lowest BCUT2D eigenvalue weighted by Crippen LogP contribution is -2.24. The van der Waals surface area contributed by atoms with Gasteiger partial charge in [-0.25, -0.2) is 4.98 Å². The van der Waals surface area contributed by atoms with Gasteiger partial charge in [-0.05, 0) is 30.7 Å². The summed E-state index contributed by atoms with van der Waals surface area (Å²) < 4.78 is 0. The van der Waals surface area contributed by atoms with Crippen LogP contribution in [0, 0.1) is 5.41 Å². The smallest absolute Gasteiger partial charge is 0.147 e. The van der Waals surface area contributed by atoms with Crippen molar-refractivity contribution in [2.75, 3.05) is 30.3 Å². The molecule has 4 nitrogen and oxygen atoms in total. The van der Waals surface area contributed by atoms with Gasteiger partial charge in [-0.15, -0.1) is 0 Å². The summed E-state index contributed by atoms with van der Waals surface area (Å²) in [5.74, 6) is 1.29. The van der Waals surface area contributed by atoms with E-state index in [-0.39, 0.29) is 12.0 Å². The van der Waals surface area contributed by atoms with Gasteiger partial charge in [-0.2, -0.15) is 0 Å². The zero-order valence-electron chi connectivity index (χ0n) is 13.0. The third-order valence-corrected chi connectivity index (χ3v) is 3.79. The number of rotatable bonds is 9. The Morgan fingerprint density at radius 1 is 1.19 bits per heavy atom. The highest BCUT2D eigenvalue weighted by Crippen LogP contribution is 2.30. The van der Waals surface area contributed by atoms with Gasteiger partial charge in [-0.3, -0.25) is 0 Å². The van der Waals surface area contributed by atoms with Crippen molar-refractivity contribution in [3.05, 3.63) is 16.1 Å². The Morgan fingerprint density at radius 3 is 2.38 bits per heavy atom. The van der Waals surface area contributed by atoms with Gasteiger partial charge < -0.3 is 15.7 Å². The fourth-order valence-electron chi connectivity index (χ4n) is 1.93. The molecule has 0 saturated heterocycles. The Morgan fingerprint density at radius 2 is 1.81 bits per heavy atom. The van der Waals surface area contributed by atoms with E-state index in [1.807, 2.05) is 0 Å². The molecule has 0 saturated carbocycles. The molecule has 0 radical (unpaired) electrons. The summed E-state index contributed by atoms with van der Waals surface area (Å²) >= 11 is 12.3. The van der Waals surface area contributed by atoms with Gasteiger partial charge in [0.2, 0.25) is 0 Å². The largest absolute Gasteiger partial charge is 0.396 e. The van der Waals surface area contributed by atoms with E-state index in [2.05, 4.69) is 36.4 Å². The first kappa shape index (κ1) is 18.3. The average Bonchev–Trinajstić information content (AvgIpc) is 2.43. The number of hydrogen-bond acceptors (Lipinski definition) is 4. The number of pyridine rings is 1. The van der Waals surface area contributed by atoms with Gasteiger partial charge in [0.1, 0.15) is 11.6 Å². The zero-order chi connectivity index (χ0) is 15.9. The molecule has 0 aliphatic carbocycles. The van der Waals surface area contributed by atoms with E-state index >= 15 is 0 Å². The second-order valence-corrected chi connectivity index (χ2v) is 6.74. The minimum absolute atomic E-state index is 0.0599. The highest BCUT2D eigenvalue weighted by Gasteiger charge is 2.18. The van der Waals surface area contributed by atoms with Crippen molar-refractivity contribution >= 4 is 34.8 Å². The topological polar surface area (TPSA) is 57.2 Å². The van der Waals surface area contributed by atoms with Crippen LogP contribution in [0.25, 0.3) is 0 Å². The molecule has 1 aromatic heterocycles. The summed E-state index contributed by atoms with van der Waals surface area (Å²) in [5.41, 5.74) is 0.0599. The van der Waals surface area contributed by atoms with Crippen LogP contribution in [0.3, 0.4) is 0 Å². The van der Waals surface area contributed by atoms with Crippen LogP contribution < -0.4 is 10.6 Å². The molecule has 120 valence electrons. The number of aliphatic hydroxyl groups is 1.